The number of hydrogen-bond donors (Lipinski definition) is 0. The van der Waals surface area contributed by atoms with Gasteiger partial charge in [0.2, 0.25) is 11.8 Å². The lowest BCUT2D eigenvalue weighted by Crippen LogP contribution is -2.40. The van der Waals surface area contributed by atoms with Gasteiger partial charge in [0.25, 0.3) is 0 Å². The van der Waals surface area contributed by atoms with Crippen LogP contribution in [0, 0.1) is 5.92 Å². The monoisotopic (exact) mass is 378 g/mol. The number of carbonyl (C=O) groups is 2. The van der Waals surface area contributed by atoms with Crippen LogP contribution in [0.4, 0.5) is 5.69 Å². The minimum absolute atomic E-state index is 0.0534. The third kappa shape index (κ3) is 3.03. The summed E-state index contributed by atoms with van der Waals surface area (Å²) in [7, 11) is 0. The number of amides is 2. The molecule has 2 unspecified atom stereocenters. The van der Waals surface area contributed by atoms with Gasteiger partial charge in [0.05, 0.1) is 18.2 Å². The number of nitrogens with zero attached hydrogens (tertiary/aromatic N) is 2. The van der Waals surface area contributed by atoms with Crippen LogP contribution in [-0.2, 0) is 22.4 Å². The highest BCUT2D eigenvalue weighted by Crippen LogP contribution is 2.38. The fourth-order valence-corrected chi connectivity index (χ4v) is 4.77. The molecule has 1 aromatic heterocycles. The zero-order valence-electron chi connectivity index (χ0n) is 16.3. The van der Waals surface area contributed by atoms with Crippen molar-refractivity contribution in [3.05, 3.63) is 53.5 Å². The molecule has 28 heavy (non-hydrogen) atoms. The summed E-state index contributed by atoms with van der Waals surface area (Å²) in [6, 6.07) is 10.3. The van der Waals surface area contributed by atoms with Gasteiger partial charge in [-0.15, -0.1) is 0 Å². The molecule has 1 saturated heterocycles. The zero-order chi connectivity index (χ0) is 19.3. The minimum atomic E-state index is -0.279. The second kappa shape index (κ2) is 6.80. The number of carbonyl (C=O) groups excluding carboxylic acids is 2. The molecule has 2 heterocycles. The Morgan fingerprint density at radius 2 is 2.04 bits per heavy atom. The fraction of sp³-hybridized carbons (Fsp3) is 0.478. The molecular formula is C23H26N2O3. The van der Waals surface area contributed by atoms with Crippen LogP contribution in [0.15, 0.2) is 41.0 Å². The van der Waals surface area contributed by atoms with Crippen LogP contribution < -0.4 is 4.90 Å². The average molecular weight is 378 g/mol. The molecule has 5 rings (SSSR count). The number of fused-ring (bicyclic) bond motifs is 1. The Balaban J connectivity index is 1.35. The van der Waals surface area contributed by atoms with Crippen LogP contribution in [0.5, 0.6) is 0 Å². The molecule has 2 amide bonds. The standard InChI is InChI=1S/C23H26N2O3/c1-15(21-6-3-11-28-21)25(19-9-10-19)23(27)18-13-22(26)24(14-18)20-8-7-16-4-2-5-17(16)12-20/h3,6-8,11-12,15,18-19H,2,4-5,9-10,13-14H2,1H3. The topological polar surface area (TPSA) is 53.8 Å². The predicted molar refractivity (Wildman–Crippen MR) is 106 cm³/mol. The number of rotatable bonds is 5. The molecule has 0 spiro atoms. The van der Waals surface area contributed by atoms with Gasteiger partial charge in [-0.2, -0.15) is 0 Å². The molecule has 1 aliphatic heterocycles. The highest BCUT2D eigenvalue weighted by Gasteiger charge is 2.43. The third-order valence-electron chi connectivity index (χ3n) is 6.43. The lowest BCUT2D eigenvalue weighted by molar-refractivity contribution is -0.139. The van der Waals surface area contributed by atoms with Crippen LogP contribution in [0.3, 0.4) is 0 Å². The highest BCUT2D eigenvalue weighted by molar-refractivity contribution is 6.00. The molecule has 2 fully saturated rings. The number of aryl methyl sites for hydroxylation is 2. The molecule has 0 N–H and O–H groups in total. The lowest BCUT2D eigenvalue weighted by Gasteiger charge is -2.30. The van der Waals surface area contributed by atoms with Gasteiger partial charge < -0.3 is 14.2 Å². The molecule has 3 aliphatic rings. The van der Waals surface area contributed by atoms with Crippen molar-refractivity contribution in [1.29, 1.82) is 0 Å². The summed E-state index contributed by atoms with van der Waals surface area (Å²) < 4.78 is 5.55. The summed E-state index contributed by atoms with van der Waals surface area (Å²) in [4.78, 5) is 29.9. The minimum Gasteiger partial charge on any atom is -0.467 e. The molecule has 2 aliphatic carbocycles. The first-order valence-corrected chi connectivity index (χ1v) is 10.4. The van der Waals surface area contributed by atoms with E-state index < -0.39 is 0 Å². The predicted octanol–water partition coefficient (Wildman–Crippen LogP) is 3.87. The Labute approximate surface area is 165 Å². The van der Waals surface area contributed by atoms with Crippen molar-refractivity contribution in [2.75, 3.05) is 11.4 Å². The molecule has 1 saturated carbocycles. The number of furan rings is 1. The summed E-state index contributed by atoms with van der Waals surface area (Å²) in [6.45, 7) is 2.49. The van der Waals surface area contributed by atoms with Crippen molar-refractivity contribution in [3.63, 3.8) is 0 Å². The first-order chi connectivity index (χ1) is 13.6. The van der Waals surface area contributed by atoms with Gasteiger partial charge in [-0.1, -0.05) is 6.07 Å². The van der Waals surface area contributed by atoms with Gasteiger partial charge in [-0.05, 0) is 74.4 Å². The van der Waals surface area contributed by atoms with Crippen LogP contribution in [-0.4, -0.2) is 29.3 Å². The van der Waals surface area contributed by atoms with Gasteiger partial charge in [-0.25, -0.2) is 0 Å². The SMILES string of the molecule is CC(c1ccco1)N(C(=O)C1CC(=O)N(c2ccc3c(c2)CCC3)C1)C1CC1. The van der Waals surface area contributed by atoms with Crippen molar-refractivity contribution < 1.29 is 14.0 Å². The third-order valence-corrected chi connectivity index (χ3v) is 6.43. The van der Waals surface area contributed by atoms with E-state index in [1.54, 1.807) is 6.26 Å². The Kier molecular flexibility index (Phi) is 4.26. The van der Waals surface area contributed by atoms with Crippen LogP contribution in [0.1, 0.15) is 55.5 Å². The van der Waals surface area contributed by atoms with Crippen molar-refractivity contribution in [1.82, 2.24) is 4.90 Å². The fourth-order valence-electron chi connectivity index (χ4n) is 4.77. The van der Waals surface area contributed by atoms with E-state index in [1.807, 2.05) is 34.9 Å². The van der Waals surface area contributed by atoms with Gasteiger partial charge >= 0.3 is 0 Å². The molecule has 1 aromatic carbocycles. The summed E-state index contributed by atoms with van der Waals surface area (Å²) in [5.41, 5.74) is 3.69. The van der Waals surface area contributed by atoms with Gasteiger partial charge in [0.15, 0.2) is 0 Å². The molecular weight excluding hydrogens is 352 g/mol. The Morgan fingerprint density at radius 1 is 1.21 bits per heavy atom. The smallest absolute Gasteiger partial charge is 0.228 e. The summed E-state index contributed by atoms with van der Waals surface area (Å²) in [6.07, 6.45) is 7.42. The molecule has 5 nitrogen and oxygen atoms in total. The van der Waals surface area contributed by atoms with Crippen molar-refractivity contribution >= 4 is 17.5 Å². The molecule has 0 bridgehead atoms. The Hall–Kier alpha value is -2.56. The average Bonchev–Trinajstić information content (AvgIpc) is 3.12. The molecule has 5 heteroatoms. The molecule has 0 radical (unpaired) electrons. The second-order valence-electron chi connectivity index (χ2n) is 8.38. The van der Waals surface area contributed by atoms with Crippen LogP contribution >= 0.6 is 0 Å². The first-order valence-electron chi connectivity index (χ1n) is 10.4. The van der Waals surface area contributed by atoms with E-state index in [-0.39, 0.29) is 29.8 Å². The highest BCUT2D eigenvalue weighted by atomic mass is 16.3. The van der Waals surface area contributed by atoms with Crippen molar-refractivity contribution in [2.45, 2.75) is 57.5 Å². The van der Waals surface area contributed by atoms with E-state index in [4.69, 9.17) is 4.42 Å². The van der Waals surface area contributed by atoms with E-state index in [0.29, 0.717) is 13.0 Å². The molecule has 146 valence electrons. The van der Waals surface area contributed by atoms with Gasteiger partial charge in [0.1, 0.15) is 5.76 Å². The van der Waals surface area contributed by atoms with E-state index in [2.05, 4.69) is 12.1 Å². The van der Waals surface area contributed by atoms with E-state index in [9.17, 15) is 9.59 Å². The zero-order valence-corrected chi connectivity index (χ0v) is 16.3. The maximum absolute atomic E-state index is 13.4. The van der Waals surface area contributed by atoms with Crippen LogP contribution in [0.2, 0.25) is 0 Å². The largest absolute Gasteiger partial charge is 0.467 e. The second-order valence-corrected chi connectivity index (χ2v) is 8.38. The maximum Gasteiger partial charge on any atom is 0.228 e. The maximum atomic E-state index is 13.4. The van der Waals surface area contributed by atoms with Gasteiger partial charge in [-0.3, -0.25) is 9.59 Å². The lowest BCUT2D eigenvalue weighted by atomic mass is 10.0. The summed E-state index contributed by atoms with van der Waals surface area (Å²) in [5.74, 6) is 0.667. The molecule has 2 atom stereocenters. The Morgan fingerprint density at radius 3 is 2.79 bits per heavy atom. The van der Waals surface area contributed by atoms with Crippen LogP contribution in [0.25, 0.3) is 0 Å². The summed E-state index contributed by atoms with van der Waals surface area (Å²) >= 11 is 0. The first kappa shape index (κ1) is 17.5. The van der Waals surface area contributed by atoms with Crippen molar-refractivity contribution in [3.8, 4) is 0 Å². The van der Waals surface area contributed by atoms with E-state index in [0.717, 1.165) is 37.1 Å². The number of anilines is 1. The van der Waals surface area contributed by atoms with Crippen molar-refractivity contribution in [2.24, 2.45) is 5.92 Å². The summed E-state index contributed by atoms with van der Waals surface area (Å²) in [5, 5.41) is 0. The van der Waals surface area contributed by atoms with Gasteiger partial charge in [0, 0.05) is 24.7 Å². The normalized spacial score (nSPS) is 22.4. The van der Waals surface area contributed by atoms with E-state index in [1.165, 1.54) is 17.5 Å². The van der Waals surface area contributed by atoms with E-state index >= 15 is 0 Å². The molecule has 2 aromatic rings. The number of hydrogen-bond acceptors (Lipinski definition) is 3. The number of benzene rings is 1. The quantitative estimate of drug-likeness (QED) is 0.794. The Bertz CT molecular complexity index is 901.